The van der Waals surface area contributed by atoms with E-state index >= 15 is 0 Å². The molecule has 94 valence electrons. The number of benzene rings is 1. The van der Waals surface area contributed by atoms with Crippen LogP contribution in [0.3, 0.4) is 0 Å². The van der Waals surface area contributed by atoms with Crippen molar-refractivity contribution in [1.29, 1.82) is 0 Å². The summed E-state index contributed by atoms with van der Waals surface area (Å²) in [5.74, 6) is -0.600. The van der Waals surface area contributed by atoms with Crippen molar-refractivity contribution in [2.45, 2.75) is 6.18 Å². The van der Waals surface area contributed by atoms with Crippen molar-refractivity contribution < 1.29 is 17.6 Å². The van der Waals surface area contributed by atoms with E-state index in [-0.39, 0.29) is 16.2 Å². The van der Waals surface area contributed by atoms with E-state index in [4.69, 9.17) is 5.73 Å². The number of hydrogen-bond acceptors (Lipinski definition) is 2. The van der Waals surface area contributed by atoms with Crippen molar-refractivity contribution in [2.24, 2.45) is 5.73 Å². The van der Waals surface area contributed by atoms with E-state index in [1.165, 1.54) is 13.1 Å². The zero-order valence-electron chi connectivity index (χ0n) is 8.88. The molecule has 1 rings (SSSR count). The Kier molecular flexibility index (Phi) is 3.92. The van der Waals surface area contributed by atoms with E-state index < -0.39 is 18.5 Å². The van der Waals surface area contributed by atoms with Gasteiger partial charge in [-0.05, 0) is 18.2 Å². The highest BCUT2D eigenvalue weighted by atomic mass is 32.1. The molecule has 0 atom stereocenters. The van der Waals surface area contributed by atoms with Gasteiger partial charge in [-0.15, -0.1) is 0 Å². The van der Waals surface area contributed by atoms with Crippen molar-refractivity contribution in [3.8, 4) is 0 Å². The summed E-state index contributed by atoms with van der Waals surface area (Å²) in [6.07, 6.45) is -4.35. The number of rotatable bonds is 3. The summed E-state index contributed by atoms with van der Waals surface area (Å²) in [6, 6.07) is 3.30. The quantitative estimate of drug-likeness (QED) is 0.673. The first-order valence-electron chi connectivity index (χ1n) is 4.58. The minimum atomic E-state index is -4.35. The lowest BCUT2D eigenvalue weighted by atomic mass is 10.1. The number of halogens is 4. The van der Waals surface area contributed by atoms with Crippen LogP contribution in [-0.2, 0) is 0 Å². The Morgan fingerprint density at radius 2 is 2.00 bits per heavy atom. The normalized spacial score (nSPS) is 11.4. The molecule has 2 N–H and O–H groups in total. The first kappa shape index (κ1) is 13.7. The second kappa shape index (κ2) is 4.87. The summed E-state index contributed by atoms with van der Waals surface area (Å²) in [7, 11) is 1.24. The van der Waals surface area contributed by atoms with Gasteiger partial charge in [0.15, 0.2) is 0 Å². The molecule has 0 bridgehead atoms. The first-order chi connectivity index (χ1) is 7.70. The smallest absolute Gasteiger partial charge is 0.389 e. The fourth-order valence-corrected chi connectivity index (χ4v) is 1.56. The van der Waals surface area contributed by atoms with Crippen LogP contribution in [0.5, 0.6) is 0 Å². The lowest BCUT2D eigenvalue weighted by Crippen LogP contribution is -2.32. The summed E-state index contributed by atoms with van der Waals surface area (Å²) in [6.45, 7) is -1.16. The molecule has 0 aliphatic carbocycles. The van der Waals surface area contributed by atoms with E-state index in [1.807, 2.05) is 0 Å². The van der Waals surface area contributed by atoms with Crippen LogP contribution in [-0.4, -0.2) is 24.8 Å². The second-order valence-electron chi connectivity index (χ2n) is 3.50. The van der Waals surface area contributed by atoms with Crippen LogP contribution in [0.25, 0.3) is 0 Å². The maximum atomic E-state index is 13.0. The summed E-state index contributed by atoms with van der Waals surface area (Å²) in [5, 5.41) is 0. The summed E-state index contributed by atoms with van der Waals surface area (Å²) in [4.78, 5) is 0.780. The second-order valence-corrected chi connectivity index (χ2v) is 3.94. The number of thiocarbonyl (C=S) groups is 1. The average Bonchev–Trinajstić information content (AvgIpc) is 2.14. The van der Waals surface area contributed by atoms with Gasteiger partial charge in [-0.25, -0.2) is 4.39 Å². The molecule has 0 radical (unpaired) electrons. The minimum Gasteiger partial charge on any atom is -0.389 e. The first-order valence-corrected chi connectivity index (χ1v) is 4.99. The Balaban J connectivity index is 3.09. The summed E-state index contributed by atoms with van der Waals surface area (Å²) >= 11 is 4.67. The molecule has 0 heterocycles. The molecule has 0 aromatic heterocycles. The van der Waals surface area contributed by atoms with Crippen molar-refractivity contribution in [3.05, 3.63) is 29.6 Å². The average molecular weight is 266 g/mol. The van der Waals surface area contributed by atoms with Crippen LogP contribution in [0.2, 0.25) is 0 Å². The maximum absolute atomic E-state index is 13.0. The fourth-order valence-electron chi connectivity index (χ4n) is 1.39. The van der Waals surface area contributed by atoms with Crippen molar-refractivity contribution >= 4 is 22.9 Å². The molecular formula is C10H10F4N2S. The summed E-state index contributed by atoms with van der Waals surface area (Å²) < 4.78 is 49.6. The van der Waals surface area contributed by atoms with Crippen molar-refractivity contribution in [2.75, 3.05) is 18.5 Å². The number of nitrogens with zero attached hydrogens (tertiary/aromatic N) is 1. The Bertz CT molecular complexity index is 431. The number of hydrogen-bond donors (Lipinski definition) is 1. The molecule has 17 heavy (non-hydrogen) atoms. The third kappa shape index (κ3) is 3.85. The van der Waals surface area contributed by atoms with Crippen LogP contribution >= 0.6 is 12.2 Å². The largest absolute Gasteiger partial charge is 0.405 e. The van der Waals surface area contributed by atoms with Gasteiger partial charge in [0.05, 0.1) is 0 Å². The number of nitrogens with two attached hydrogens (primary N) is 1. The zero-order chi connectivity index (χ0) is 13.2. The fraction of sp³-hybridized carbons (Fsp3) is 0.300. The van der Waals surface area contributed by atoms with Gasteiger partial charge in [0.1, 0.15) is 17.4 Å². The van der Waals surface area contributed by atoms with Crippen molar-refractivity contribution in [3.63, 3.8) is 0 Å². The monoisotopic (exact) mass is 266 g/mol. The predicted molar refractivity (Wildman–Crippen MR) is 61.6 cm³/mol. The van der Waals surface area contributed by atoms with Crippen molar-refractivity contribution in [1.82, 2.24) is 0 Å². The maximum Gasteiger partial charge on any atom is 0.405 e. The van der Waals surface area contributed by atoms with E-state index in [0.717, 1.165) is 17.0 Å². The van der Waals surface area contributed by atoms with Crippen LogP contribution in [0.15, 0.2) is 18.2 Å². The van der Waals surface area contributed by atoms with Crippen LogP contribution in [0, 0.1) is 5.82 Å². The van der Waals surface area contributed by atoms with Gasteiger partial charge in [0.2, 0.25) is 0 Å². The number of alkyl halides is 3. The van der Waals surface area contributed by atoms with Gasteiger partial charge in [-0.1, -0.05) is 12.2 Å². The highest BCUT2D eigenvalue weighted by molar-refractivity contribution is 7.80. The Morgan fingerprint density at radius 3 is 2.47 bits per heavy atom. The Labute approximate surface area is 101 Å². The third-order valence-corrected chi connectivity index (χ3v) is 2.27. The molecule has 0 amide bonds. The topological polar surface area (TPSA) is 29.3 Å². The van der Waals surface area contributed by atoms with Gasteiger partial charge in [-0.3, -0.25) is 0 Å². The van der Waals surface area contributed by atoms with Crippen LogP contribution in [0.1, 0.15) is 5.56 Å². The van der Waals surface area contributed by atoms with E-state index in [2.05, 4.69) is 12.2 Å². The molecule has 0 fully saturated rings. The third-order valence-electron chi connectivity index (χ3n) is 2.05. The van der Waals surface area contributed by atoms with E-state index in [9.17, 15) is 17.6 Å². The molecule has 2 nitrogen and oxygen atoms in total. The molecule has 0 saturated carbocycles. The van der Waals surface area contributed by atoms with E-state index in [1.54, 1.807) is 0 Å². The van der Waals surface area contributed by atoms with Gasteiger partial charge in [0, 0.05) is 18.3 Å². The molecule has 7 heteroatoms. The van der Waals surface area contributed by atoms with Gasteiger partial charge < -0.3 is 10.6 Å². The molecule has 0 aliphatic heterocycles. The lowest BCUT2D eigenvalue weighted by molar-refractivity contribution is -0.119. The highest BCUT2D eigenvalue weighted by Gasteiger charge is 2.30. The summed E-state index contributed by atoms with van der Waals surface area (Å²) in [5.41, 5.74) is 5.58. The SMILES string of the molecule is CN(CC(F)(F)F)c1ccc(F)cc1C(N)=S. The molecule has 0 aliphatic rings. The minimum absolute atomic E-state index is 0.0896. The molecule has 1 aromatic rings. The molecule has 0 saturated heterocycles. The Morgan fingerprint density at radius 1 is 1.41 bits per heavy atom. The molecule has 0 unspecified atom stereocenters. The van der Waals surface area contributed by atoms with Gasteiger partial charge >= 0.3 is 6.18 Å². The Hall–Kier alpha value is -1.37. The van der Waals surface area contributed by atoms with Crippen LogP contribution in [0.4, 0.5) is 23.2 Å². The van der Waals surface area contributed by atoms with Crippen LogP contribution < -0.4 is 10.6 Å². The lowest BCUT2D eigenvalue weighted by Gasteiger charge is -2.23. The molecular weight excluding hydrogens is 256 g/mol. The van der Waals surface area contributed by atoms with Gasteiger partial charge in [0.25, 0.3) is 0 Å². The van der Waals surface area contributed by atoms with Gasteiger partial charge in [-0.2, -0.15) is 13.2 Å². The standard InChI is InChI=1S/C10H10F4N2S/c1-16(5-10(12,13)14)8-3-2-6(11)4-7(8)9(15)17/h2-4H,5H2,1H3,(H2,15,17). The molecule has 1 aromatic carbocycles. The number of anilines is 1. The van der Waals surface area contributed by atoms with E-state index in [0.29, 0.717) is 0 Å². The zero-order valence-corrected chi connectivity index (χ0v) is 9.70. The molecule has 0 spiro atoms. The predicted octanol–water partition coefficient (Wildman–Crippen LogP) is 2.46. The highest BCUT2D eigenvalue weighted by Crippen LogP contribution is 2.24.